The molecule has 0 radical (unpaired) electrons. The van der Waals surface area contributed by atoms with E-state index in [4.69, 9.17) is 9.84 Å². The average Bonchev–Trinajstić information content (AvgIpc) is 2.94. The van der Waals surface area contributed by atoms with E-state index in [1.165, 1.54) is 11.3 Å². The highest BCUT2D eigenvalue weighted by atomic mass is 16.5. The molecule has 0 spiro atoms. The maximum absolute atomic E-state index is 13.2. The number of benzene rings is 3. The molecular weight excluding hydrogens is 460 g/mol. The SMILES string of the molecule is CCOc1ccccc1N1CCN(CCCCn2nc(-c3ccc(C)cc3)c3ccccc3c2=O)CC1. The van der Waals surface area contributed by atoms with Gasteiger partial charge in [-0.1, -0.05) is 60.2 Å². The van der Waals surface area contributed by atoms with Crippen LogP contribution in [0.1, 0.15) is 25.3 Å². The number of unbranched alkanes of at least 4 members (excludes halogenated alkanes) is 1. The molecule has 2 heterocycles. The number of aromatic nitrogens is 2. The van der Waals surface area contributed by atoms with Crippen LogP contribution in [0.15, 0.2) is 77.6 Å². The fourth-order valence-corrected chi connectivity index (χ4v) is 5.12. The van der Waals surface area contributed by atoms with Gasteiger partial charge in [0.25, 0.3) is 5.56 Å². The smallest absolute Gasteiger partial charge is 0.274 e. The molecule has 37 heavy (non-hydrogen) atoms. The molecule has 0 unspecified atom stereocenters. The Morgan fingerprint density at radius 3 is 2.24 bits per heavy atom. The molecule has 0 aliphatic carbocycles. The quantitative estimate of drug-likeness (QED) is 0.292. The van der Waals surface area contributed by atoms with Crippen LogP contribution in [0.25, 0.3) is 22.0 Å². The summed E-state index contributed by atoms with van der Waals surface area (Å²) in [5.41, 5.74) is 4.31. The number of aryl methyl sites for hydroxylation is 2. The van der Waals surface area contributed by atoms with Gasteiger partial charge in [-0.2, -0.15) is 5.10 Å². The second-order valence-electron chi connectivity index (χ2n) is 9.73. The lowest BCUT2D eigenvalue weighted by molar-refractivity contribution is 0.249. The van der Waals surface area contributed by atoms with Crippen molar-refractivity contribution >= 4 is 16.5 Å². The maximum Gasteiger partial charge on any atom is 0.274 e. The predicted molar refractivity (Wildman–Crippen MR) is 152 cm³/mol. The second kappa shape index (κ2) is 11.6. The minimum atomic E-state index is -0.00644. The lowest BCUT2D eigenvalue weighted by Gasteiger charge is -2.36. The normalized spacial score (nSPS) is 14.3. The predicted octanol–water partition coefficient (Wildman–Crippen LogP) is 5.37. The number of piperazine rings is 1. The number of nitrogens with zero attached hydrogens (tertiary/aromatic N) is 4. The molecule has 0 bridgehead atoms. The van der Waals surface area contributed by atoms with Crippen molar-refractivity contribution in [1.82, 2.24) is 14.7 Å². The molecule has 6 nitrogen and oxygen atoms in total. The van der Waals surface area contributed by atoms with Crippen molar-refractivity contribution in [3.63, 3.8) is 0 Å². The minimum Gasteiger partial charge on any atom is -0.492 e. The Morgan fingerprint density at radius 1 is 0.811 bits per heavy atom. The van der Waals surface area contributed by atoms with E-state index in [1.54, 1.807) is 4.68 Å². The molecule has 1 aromatic heterocycles. The Morgan fingerprint density at radius 2 is 1.49 bits per heavy atom. The Balaban J connectivity index is 1.20. The number of rotatable bonds is 9. The van der Waals surface area contributed by atoms with Crippen molar-refractivity contribution in [2.45, 2.75) is 33.2 Å². The molecular formula is C31H36N4O2. The largest absolute Gasteiger partial charge is 0.492 e. The monoisotopic (exact) mass is 496 g/mol. The van der Waals surface area contributed by atoms with E-state index >= 15 is 0 Å². The van der Waals surface area contributed by atoms with Crippen molar-refractivity contribution in [3.05, 3.63) is 88.7 Å². The Labute approximate surface area is 219 Å². The number of fused-ring (bicyclic) bond motifs is 1. The van der Waals surface area contributed by atoms with Gasteiger partial charge in [0.1, 0.15) is 5.75 Å². The fourth-order valence-electron chi connectivity index (χ4n) is 5.12. The van der Waals surface area contributed by atoms with Gasteiger partial charge in [-0.3, -0.25) is 9.69 Å². The Hall–Kier alpha value is -3.64. The molecule has 1 aliphatic rings. The minimum absolute atomic E-state index is 0.00644. The number of anilines is 1. The van der Waals surface area contributed by atoms with Crippen molar-refractivity contribution in [3.8, 4) is 17.0 Å². The van der Waals surface area contributed by atoms with Crippen LogP contribution in [-0.2, 0) is 6.54 Å². The van der Waals surface area contributed by atoms with Crippen LogP contribution in [0.4, 0.5) is 5.69 Å². The van der Waals surface area contributed by atoms with Crippen molar-refractivity contribution in [1.29, 1.82) is 0 Å². The Bertz CT molecular complexity index is 1390. The zero-order valence-corrected chi connectivity index (χ0v) is 21.9. The van der Waals surface area contributed by atoms with E-state index in [1.807, 2.05) is 37.3 Å². The van der Waals surface area contributed by atoms with Crippen LogP contribution in [0.5, 0.6) is 5.75 Å². The molecule has 192 valence electrons. The van der Waals surface area contributed by atoms with Gasteiger partial charge in [0.2, 0.25) is 0 Å². The van der Waals surface area contributed by atoms with Crippen LogP contribution < -0.4 is 15.2 Å². The summed E-state index contributed by atoms with van der Waals surface area (Å²) in [5, 5.41) is 6.47. The first-order chi connectivity index (χ1) is 18.1. The summed E-state index contributed by atoms with van der Waals surface area (Å²) in [7, 11) is 0. The second-order valence-corrected chi connectivity index (χ2v) is 9.73. The van der Waals surface area contributed by atoms with E-state index in [9.17, 15) is 4.79 Å². The molecule has 5 rings (SSSR count). The number of para-hydroxylation sites is 2. The summed E-state index contributed by atoms with van der Waals surface area (Å²) in [6.45, 7) is 10.5. The van der Waals surface area contributed by atoms with Crippen LogP contribution in [0.3, 0.4) is 0 Å². The topological polar surface area (TPSA) is 50.6 Å². The lowest BCUT2D eigenvalue weighted by atomic mass is 10.0. The first kappa shape index (κ1) is 25.0. The van der Waals surface area contributed by atoms with Crippen LogP contribution in [0.2, 0.25) is 0 Å². The van der Waals surface area contributed by atoms with E-state index in [-0.39, 0.29) is 5.56 Å². The van der Waals surface area contributed by atoms with E-state index < -0.39 is 0 Å². The van der Waals surface area contributed by atoms with Crippen LogP contribution in [0, 0.1) is 6.92 Å². The Kier molecular flexibility index (Phi) is 7.85. The number of ether oxygens (including phenoxy) is 1. The molecule has 3 aromatic carbocycles. The summed E-state index contributed by atoms with van der Waals surface area (Å²) in [6.07, 6.45) is 1.96. The van der Waals surface area contributed by atoms with E-state index in [0.717, 1.165) is 73.3 Å². The molecule has 0 atom stereocenters. The number of hydrogen-bond donors (Lipinski definition) is 0. The van der Waals surface area contributed by atoms with Gasteiger partial charge in [0, 0.05) is 43.7 Å². The highest BCUT2D eigenvalue weighted by Crippen LogP contribution is 2.29. The van der Waals surface area contributed by atoms with E-state index in [0.29, 0.717) is 13.2 Å². The average molecular weight is 497 g/mol. The van der Waals surface area contributed by atoms with Crippen molar-refractivity contribution in [2.75, 3.05) is 44.2 Å². The highest BCUT2D eigenvalue weighted by Gasteiger charge is 2.19. The first-order valence-corrected chi connectivity index (χ1v) is 13.4. The molecule has 1 fully saturated rings. The molecule has 0 amide bonds. The molecule has 0 saturated carbocycles. The molecule has 1 aliphatic heterocycles. The van der Waals surface area contributed by atoms with Crippen molar-refractivity contribution in [2.24, 2.45) is 0 Å². The van der Waals surface area contributed by atoms with Gasteiger partial charge in [0.05, 0.1) is 23.4 Å². The third-order valence-electron chi connectivity index (χ3n) is 7.17. The van der Waals surface area contributed by atoms with E-state index in [2.05, 4.69) is 59.2 Å². The van der Waals surface area contributed by atoms with Gasteiger partial charge >= 0.3 is 0 Å². The summed E-state index contributed by atoms with van der Waals surface area (Å²) >= 11 is 0. The maximum atomic E-state index is 13.2. The molecule has 1 saturated heterocycles. The number of hydrogen-bond acceptors (Lipinski definition) is 5. The third kappa shape index (κ3) is 5.70. The molecule has 4 aromatic rings. The van der Waals surface area contributed by atoms with Crippen molar-refractivity contribution < 1.29 is 4.74 Å². The van der Waals surface area contributed by atoms with Gasteiger partial charge in [-0.25, -0.2) is 4.68 Å². The van der Waals surface area contributed by atoms with Gasteiger partial charge in [0.15, 0.2) is 0 Å². The van der Waals surface area contributed by atoms with Crippen LogP contribution in [-0.4, -0.2) is 54.0 Å². The van der Waals surface area contributed by atoms with Gasteiger partial charge < -0.3 is 9.64 Å². The first-order valence-electron chi connectivity index (χ1n) is 13.4. The molecule has 0 N–H and O–H groups in total. The highest BCUT2D eigenvalue weighted by molar-refractivity contribution is 5.93. The summed E-state index contributed by atoms with van der Waals surface area (Å²) in [4.78, 5) is 18.1. The zero-order chi connectivity index (χ0) is 25.6. The summed E-state index contributed by atoms with van der Waals surface area (Å²) < 4.78 is 7.49. The summed E-state index contributed by atoms with van der Waals surface area (Å²) in [6, 6.07) is 24.5. The fraction of sp³-hybridized carbons (Fsp3) is 0.355. The van der Waals surface area contributed by atoms with Gasteiger partial charge in [-0.05, 0) is 51.4 Å². The molecule has 6 heteroatoms. The zero-order valence-electron chi connectivity index (χ0n) is 21.9. The van der Waals surface area contributed by atoms with Crippen LogP contribution >= 0.6 is 0 Å². The standard InChI is InChI=1S/C31H36N4O2/c1-3-37-29-13-7-6-12-28(29)34-22-20-33(21-23-34)18-8-9-19-35-31(36)27-11-5-4-10-26(27)30(32-35)25-16-14-24(2)15-17-25/h4-7,10-17H,3,8-9,18-23H2,1-2H3. The summed E-state index contributed by atoms with van der Waals surface area (Å²) in [5.74, 6) is 0.969. The lowest BCUT2D eigenvalue weighted by Crippen LogP contribution is -2.46. The third-order valence-corrected chi connectivity index (χ3v) is 7.17. The van der Waals surface area contributed by atoms with Gasteiger partial charge in [-0.15, -0.1) is 0 Å².